The summed E-state index contributed by atoms with van der Waals surface area (Å²) >= 11 is 0. The van der Waals surface area contributed by atoms with Crippen LogP contribution in [0.25, 0.3) is 11.0 Å². The lowest BCUT2D eigenvalue weighted by Crippen LogP contribution is -2.48. The molecule has 1 aliphatic rings. The standard InChI is InChI=1S/C15H19N3O2.ClH/c16-10-11-5-3-4-8-18(11)15(19)9-13-12-6-1-2-7-14(12)20-17-13;/h1-2,6-7,11H,3-5,8-10,16H2;1H. The first-order valence-electron chi connectivity index (χ1n) is 7.12. The van der Waals surface area contributed by atoms with Crippen molar-refractivity contribution in [1.29, 1.82) is 0 Å². The maximum atomic E-state index is 12.5. The zero-order chi connectivity index (χ0) is 13.9. The molecule has 1 atom stereocenters. The van der Waals surface area contributed by atoms with Crippen LogP contribution in [0.1, 0.15) is 25.0 Å². The lowest BCUT2D eigenvalue weighted by Gasteiger charge is -2.35. The number of likely N-dealkylation sites (tertiary alicyclic amines) is 1. The molecule has 1 amide bonds. The number of fused-ring (bicyclic) bond motifs is 1. The first-order valence-corrected chi connectivity index (χ1v) is 7.12. The Hall–Kier alpha value is -1.59. The number of nitrogens with two attached hydrogens (primary N) is 1. The summed E-state index contributed by atoms with van der Waals surface area (Å²) in [7, 11) is 0. The number of piperidine rings is 1. The van der Waals surface area contributed by atoms with Gasteiger partial charge in [0.05, 0.1) is 6.42 Å². The third kappa shape index (κ3) is 3.19. The lowest BCUT2D eigenvalue weighted by molar-refractivity contribution is -0.133. The maximum Gasteiger partial charge on any atom is 0.229 e. The fourth-order valence-corrected chi connectivity index (χ4v) is 2.88. The summed E-state index contributed by atoms with van der Waals surface area (Å²) < 4.78 is 5.24. The van der Waals surface area contributed by atoms with Gasteiger partial charge >= 0.3 is 0 Å². The highest BCUT2D eigenvalue weighted by molar-refractivity contribution is 5.86. The van der Waals surface area contributed by atoms with Crippen LogP contribution < -0.4 is 5.73 Å². The first kappa shape index (κ1) is 15.8. The van der Waals surface area contributed by atoms with E-state index in [1.165, 1.54) is 0 Å². The topological polar surface area (TPSA) is 72.4 Å². The third-order valence-electron chi connectivity index (χ3n) is 3.99. The molecule has 2 heterocycles. The van der Waals surface area contributed by atoms with Gasteiger partial charge in [0.15, 0.2) is 5.58 Å². The number of halogens is 1. The Labute approximate surface area is 129 Å². The summed E-state index contributed by atoms with van der Waals surface area (Å²) in [5.74, 6) is 0.0965. The Morgan fingerprint density at radius 2 is 2.19 bits per heavy atom. The van der Waals surface area contributed by atoms with Crippen molar-refractivity contribution < 1.29 is 9.32 Å². The van der Waals surface area contributed by atoms with E-state index in [-0.39, 0.29) is 30.8 Å². The summed E-state index contributed by atoms with van der Waals surface area (Å²) in [4.78, 5) is 14.4. The summed E-state index contributed by atoms with van der Waals surface area (Å²) in [5.41, 5.74) is 7.21. The third-order valence-corrected chi connectivity index (χ3v) is 3.99. The van der Waals surface area contributed by atoms with Crippen LogP contribution in [-0.2, 0) is 11.2 Å². The molecule has 0 spiro atoms. The lowest BCUT2D eigenvalue weighted by atomic mass is 10.0. The molecule has 0 radical (unpaired) electrons. The molecular weight excluding hydrogens is 290 g/mol. The second kappa shape index (κ2) is 6.91. The number of hydrogen-bond acceptors (Lipinski definition) is 4. The number of hydrogen-bond donors (Lipinski definition) is 1. The van der Waals surface area contributed by atoms with Gasteiger partial charge in [-0.25, -0.2) is 0 Å². The van der Waals surface area contributed by atoms with E-state index in [0.717, 1.165) is 36.8 Å². The normalized spacial score (nSPS) is 18.5. The van der Waals surface area contributed by atoms with E-state index in [1.807, 2.05) is 29.2 Å². The van der Waals surface area contributed by atoms with Gasteiger partial charge in [-0.05, 0) is 31.4 Å². The fourth-order valence-electron chi connectivity index (χ4n) is 2.88. The van der Waals surface area contributed by atoms with Gasteiger partial charge < -0.3 is 15.2 Å². The highest BCUT2D eigenvalue weighted by Crippen LogP contribution is 2.21. The minimum absolute atomic E-state index is 0. The van der Waals surface area contributed by atoms with Crippen molar-refractivity contribution in [2.24, 2.45) is 5.73 Å². The molecule has 21 heavy (non-hydrogen) atoms. The fraction of sp³-hybridized carbons (Fsp3) is 0.467. The predicted octanol–water partition coefficient (Wildman–Crippen LogP) is 2.13. The quantitative estimate of drug-likeness (QED) is 0.942. The Morgan fingerprint density at radius 1 is 1.38 bits per heavy atom. The molecule has 1 aromatic carbocycles. The van der Waals surface area contributed by atoms with E-state index in [1.54, 1.807) is 0 Å². The zero-order valence-corrected chi connectivity index (χ0v) is 12.6. The minimum Gasteiger partial charge on any atom is -0.356 e. The molecule has 1 aliphatic heterocycles. The molecule has 114 valence electrons. The van der Waals surface area contributed by atoms with E-state index in [0.29, 0.717) is 12.2 Å². The van der Waals surface area contributed by atoms with Gasteiger partial charge in [0.2, 0.25) is 5.91 Å². The van der Waals surface area contributed by atoms with Crippen molar-refractivity contribution in [1.82, 2.24) is 10.1 Å². The van der Waals surface area contributed by atoms with Gasteiger partial charge in [-0.3, -0.25) is 4.79 Å². The largest absolute Gasteiger partial charge is 0.356 e. The number of carbonyl (C=O) groups is 1. The second-order valence-electron chi connectivity index (χ2n) is 5.27. The molecule has 1 aromatic heterocycles. The molecule has 2 N–H and O–H groups in total. The van der Waals surface area contributed by atoms with Crippen LogP contribution in [0, 0.1) is 0 Å². The number of aromatic nitrogens is 1. The van der Waals surface area contributed by atoms with Gasteiger partial charge in [-0.15, -0.1) is 12.4 Å². The Bertz CT molecular complexity index is 614. The number of rotatable bonds is 3. The van der Waals surface area contributed by atoms with Crippen molar-refractivity contribution in [2.75, 3.05) is 13.1 Å². The average Bonchev–Trinajstić information content (AvgIpc) is 2.90. The van der Waals surface area contributed by atoms with E-state index in [2.05, 4.69) is 5.16 Å². The van der Waals surface area contributed by atoms with Gasteiger partial charge in [0.1, 0.15) is 5.69 Å². The van der Waals surface area contributed by atoms with Crippen LogP contribution >= 0.6 is 12.4 Å². The molecule has 0 bridgehead atoms. The van der Waals surface area contributed by atoms with Crippen LogP contribution in [-0.4, -0.2) is 35.1 Å². The monoisotopic (exact) mass is 309 g/mol. The molecule has 2 aromatic rings. The van der Waals surface area contributed by atoms with E-state index in [9.17, 15) is 4.79 Å². The van der Waals surface area contributed by atoms with Crippen molar-refractivity contribution in [3.63, 3.8) is 0 Å². The Balaban J connectivity index is 0.00000161. The highest BCUT2D eigenvalue weighted by atomic mass is 35.5. The minimum atomic E-state index is 0. The van der Waals surface area contributed by atoms with E-state index < -0.39 is 0 Å². The number of nitrogens with zero attached hydrogens (tertiary/aromatic N) is 2. The summed E-state index contributed by atoms with van der Waals surface area (Å²) in [6.45, 7) is 1.34. The summed E-state index contributed by atoms with van der Waals surface area (Å²) in [6, 6.07) is 7.80. The molecule has 1 unspecified atom stereocenters. The molecule has 6 heteroatoms. The van der Waals surface area contributed by atoms with E-state index in [4.69, 9.17) is 10.3 Å². The van der Waals surface area contributed by atoms with Crippen molar-refractivity contribution in [2.45, 2.75) is 31.7 Å². The van der Waals surface area contributed by atoms with Gasteiger partial charge in [-0.2, -0.15) is 0 Å². The van der Waals surface area contributed by atoms with Crippen molar-refractivity contribution >= 4 is 29.3 Å². The number of benzene rings is 1. The van der Waals surface area contributed by atoms with Gasteiger partial charge in [-0.1, -0.05) is 17.3 Å². The van der Waals surface area contributed by atoms with Crippen LogP contribution in [0.15, 0.2) is 28.8 Å². The smallest absolute Gasteiger partial charge is 0.229 e. The van der Waals surface area contributed by atoms with Crippen molar-refractivity contribution in [3.05, 3.63) is 30.0 Å². The van der Waals surface area contributed by atoms with Crippen LogP contribution in [0.3, 0.4) is 0 Å². The SMILES string of the molecule is Cl.NCC1CCCCN1C(=O)Cc1noc2ccccc12. The average molecular weight is 310 g/mol. The van der Waals surface area contributed by atoms with E-state index >= 15 is 0 Å². The summed E-state index contributed by atoms with van der Waals surface area (Å²) in [5, 5.41) is 4.95. The molecule has 3 rings (SSSR count). The highest BCUT2D eigenvalue weighted by Gasteiger charge is 2.26. The maximum absolute atomic E-state index is 12.5. The van der Waals surface area contributed by atoms with Gasteiger partial charge in [0.25, 0.3) is 0 Å². The molecule has 0 saturated carbocycles. The second-order valence-corrected chi connectivity index (χ2v) is 5.27. The molecule has 1 saturated heterocycles. The molecule has 5 nitrogen and oxygen atoms in total. The van der Waals surface area contributed by atoms with Crippen LogP contribution in [0.2, 0.25) is 0 Å². The number of amides is 1. The van der Waals surface area contributed by atoms with Gasteiger partial charge in [0, 0.05) is 24.5 Å². The molecule has 0 aliphatic carbocycles. The van der Waals surface area contributed by atoms with Crippen LogP contribution in [0.5, 0.6) is 0 Å². The molecule has 1 fully saturated rings. The molecular formula is C15H20ClN3O2. The zero-order valence-electron chi connectivity index (χ0n) is 11.8. The number of para-hydroxylation sites is 1. The first-order chi connectivity index (χ1) is 9.79. The Kier molecular flexibility index (Phi) is 5.20. The summed E-state index contributed by atoms with van der Waals surface area (Å²) in [6.07, 6.45) is 3.50. The van der Waals surface area contributed by atoms with Crippen molar-refractivity contribution in [3.8, 4) is 0 Å². The predicted molar refractivity (Wildman–Crippen MR) is 83.4 cm³/mol. The number of carbonyl (C=O) groups excluding carboxylic acids is 1. The van der Waals surface area contributed by atoms with Crippen LogP contribution in [0.4, 0.5) is 0 Å². The Morgan fingerprint density at radius 3 is 3.00 bits per heavy atom.